The van der Waals surface area contributed by atoms with Crippen molar-refractivity contribution in [2.45, 2.75) is 6.92 Å². The third-order valence-corrected chi connectivity index (χ3v) is 1.51. The van der Waals surface area contributed by atoms with E-state index in [4.69, 9.17) is 5.73 Å². The van der Waals surface area contributed by atoms with E-state index in [-0.39, 0.29) is 0 Å². The average Bonchev–Trinajstić information content (AvgIpc) is 2.45. The highest BCUT2D eigenvalue weighted by atomic mass is 15.3. The summed E-state index contributed by atoms with van der Waals surface area (Å²) in [6, 6.07) is 0. The van der Waals surface area contributed by atoms with Crippen molar-refractivity contribution in [2.75, 3.05) is 5.73 Å². The van der Waals surface area contributed by atoms with Gasteiger partial charge in [0, 0.05) is 11.8 Å². The van der Waals surface area contributed by atoms with Crippen molar-refractivity contribution in [1.82, 2.24) is 19.6 Å². The second-order valence-corrected chi connectivity index (χ2v) is 2.29. The molecule has 0 unspecified atom stereocenters. The molecule has 2 aromatic rings. The first kappa shape index (κ1) is 6.09. The molecule has 0 bridgehead atoms. The summed E-state index contributed by atoms with van der Waals surface area (Å²) in [5.41, 5.74) is 7.25. The zero-order chi connectivity index (χ0) is 7.84. The topological polar surface area (TPSA) is 69.1 Å². The quantitative estimate of drug-likeness (QED) is 0.573. The molecule has 0 aliphatic carbocycles. The number of nitrogens with zero attached hydrogens (tertiary/aromatic N) is 4. The van der Waals surface area contributed by atoms with Gasteiger partial charge in [0.15, 0.2) is 5.65 Å². The molecule has 2 aromatic heterocycles. The highest BCUT2D eigenvalue weighted by molar-refractivity contribution is 5.47. The third kappa shape index (κ3) is 0.739. The Morgan fingerprint density at radius 2 is 2.27 bits per heavy atom. The van der Waals surface area contributed by atoms with Gasteiger partial charge >= 0.3 is 0 Å². The van der Waals surface area contributed by atoms with E-state index in [1.54, 1.807) is 6.20 Å². The van der Waals surface area contributed by atoms with E-state index in [1.165, 1.54) is 10.8 Å². The number of rotatable bonds is 0. The SMILES string of the molecule is Cc1cnc(N)n2ncnc12. The minimum absolute atomic E-state index is 0.364. The maximum absolute atomic E-state index is 5.52. The van der Waals surface area contributed by atoms with Crippen LogP contribution >= 0.6 is 0 Å². The smallest absolute Gasteiger partial charge is 0.223 e. The number of nitrogen functional groups attached to an aromatic ring is 1. The highest BCUT2D eigenvalue weighted by Crippen LogP contribution is 2.06. The minimum atomic E-state index is 0.364. The summed E-state index contributed by atoms with van der Waals surface area (Å²) in [7, 11) is 0. The summed E-state index contributed by atoms with van der Waals surface area (Å²) in [5, 5.41) is 3.90. The zero-order valence-corrected chi connectivity index (χ0v) is 6.02. The van der Waals surface area contributed by atoms with E-state index in [9.17, 15) is 0 Å². The Labute approximate surface area is 62.9 Å². The summed E-state index contributed by atoms with van der Waals surface area (Å²) in [6.45, 7) is 1.91. The molecule has 0 aromatic carbocycles. The Morgan fingerprint density at radius 1 is 1.45 bits per heavy atom. The molecule has 0 aliphatic rings. The standard InChI is InChI=1S/C6H7N5/c1-4-2-8-6(7)11-5(4)9-3-10-11/h2-3H,1H3,(H2,7,8). The van der Waals surface area contributed by atoms with Crippen LogP contribution in [-0.4, -0.2) is 19.6 Å². The first-order chi connectivity index (χ1) is 5.29. The molecule has 0 amide bonds. The second-order valence-electron chi connectivity index (χ2n) is 2.29. The van der Waals surface area contributed by atoms with Crippen LogP contribution in [0.3, 0.4) is 0 Å². The normalized spacial score (nSPS) is 10.6. The van der Waals surface area contributed by atoms with Crippen LogP contribution in [-0.2, 0) is 0 Å². The fourth-order valence-electron chi connectivity index (χ4n) is 0.953. The summed E-state index contributed by atoms with van der Waals surface area (Å²) in [4.78, 5) is 7.93. The van der Waals surface area contributed by atoms with E-state index < -0.39 is 0 Å². The lowest BCUT2D eigenvalue weighted by atomic mass is 10.4. The van der Waals surface area contributed by atoms with Crippen LogP contribution in [0.15, 0.2) is 12.5 Å². The number of nitrogens with two attached hydrogens (primary N) is 1. The first-order valence-corrected chi connectivity index (χ1v) is 3.20. The van der Waals surface area contributed by atoms with Gasteiger partial charge < -0.3 is 5.73 Å². The molecule has 0 saturated heterocycles. The van der Waals surface area contributed by atoms with Crippen molar-refractivity contribution >= 4 is 11.6 Å². The molecule has 2 heterocycles. The van der Waals surface area contributed by atoms with Gasteiger partial charge in [0.2, 0.25) is 5.95 Å². The van der Waals surface area contributed by atoms with Gasteiger partial charge in [-0.15, -0.1) is 0 Å². The van der Waals surface area contributed by atoms with Crippen LogP contribution in [0.1, 0.15) is 5.56 Å². The van der Waals surface area contributed by atoms with Gasteiger partial charge in [-0.05, 0) is 6.92 Å². The number of anilines is 1. The van der Waals surface area contributed by atoms with Crippen molar-refractivity contribution in [3.05, 3.63) is 18.1 Å². The lowest BCUT2D eigenvalue weighted by Gasteiger charge is -1.97. The van der Waals surface area contributed by atoms with E-state index in [1.807, 2.05) is 6.92 Å². The van der Waals surface area contributed by atoms with Crippen molar-refractivity contribution in [3.63, 3.8) is 0 Å². The molecule has 2 N–H and O–H groups in total. The fraction of sp³-hybridized carbons (Fsp3) is 0.167. The van der Waals surface area contributed by atoms with Gasteiger partial charge in [-0.25, -0.2) is 9.97 Å². The summed E-state index contributed by atoms with van der Waals surface area (Å²) in [5.74, 6) is 0.364. The third-order valence-electron chi connectivity index (χ3n) is 1.51. The summed E-state index contributed by atoms with van der Waals surface area (Å²) >= 11 is 0. The number of aromatic nitrogens is 4. The lowest BCUT2D eigenvalue weighted by Crippen LogP contribution is -2.02. The van der Waals surface area contributed by atoms with Crippen LogP contribution in [0, 0.1) is 6.92 Å². The summed E-state index contributed by atoms with van der Waals surface area (Å²) in [6.07, 6.45) is 3.14. The van der Waals surface area contributed by atoms with Crippen LogP contribution in [0.2, 0.25) is 0 Å². The lowest BCUT2D eigenvalue weighted by molar-refractivity contribution is 0.932. The van der Waals surface area contributed by atoms with Gasteiger partial charge in [0.1, 0.15) is 6.33 Å². The van der Waals surface area contributed by atoms with Crippen molar-refractivity contribution in [3.8, 4) is 0 Å². The monoisotopic (exact) mass is 149 g/mol. The van der Waals surface area contributed by atoms with Crippen LogP contribution in [0.25, 0.3) is 5.65 Å². The predicted octanol–water partition coefficient (Wildman–Crippen LogP) is 0.0149. The molecule has 5 nitrogen and oxygen atoms in total. The Bertz CT molecular complexity index is 355. The van der Waals surface area contributed by atoms with Crippen molar-refractivity contribution < 1.29 is 0 Å². The summed E-state index contributed by atoms with van der Waals surface area (Å²) < 4.78 is 1.51. The fourth-order valence-corrected chi connectivity index (χ4v) is 0.953. The molecule has 0 saturated carbocycles. The number of hydrogen-bond donors (Lipinski definition) is 1. The van der Waals surface area contributed by atoms with Crippen LogP contribution in [0.5, 0.6) is 0 Å². The van der Waals surface area contributed by atoms with E-state index in [0.29, 0.717) is 5.95 Å². The minimum Gasteiger partial charge on any atom is -0.368 e. The average molecular weight is 149 g/mol. The van der Waals surface area contributed by atoms with Gasteiger partial charge in [-0.2, -0.15) is 9.61 Å². The number of aryl methyl sites for hydroxylation is 1. The van der Waals surface area contributed by atoms with Gasteiger partial charge in [0.25, 0.3) is 0 Å². The van der Waals surface area contributed by atoms with Crippen LogP contribution < -0.4 is 5.73 Å². The Morgan fingerprint density at radius 3 is 3.00 bits per heavy atom. The zero-order valence-electron chi connectivity index (χ0n) is 6.02. The Kier molecular flexibility index (Phi) is 1.06. The van der Waals surface area contributed by atoms with Gasteiger partial charge in [0.05, 0.1) is 0 Å². The molecule has 5 heteroatoms. The van der Waals surface area contributed by atoms with Gasteiger partial charge in [-0.1, -0.05) is 0 Å². The molecular formula is C6H7N5. The molecule has 56 valence electrons. The van der Waals surface area contributed by atoms with E-state index in [0.717, 1.165) is 11.2 Å². The molecule has 11 heavy (non-hydrogen) atoms. The van der Waals surface area contributed by atoms with Gasteiger partial charge in [-0.3, -0.25) is 0 Å². The van der Waals surface area contributed by atoms with Crippen molar-refractivity contribution in [1.29, 1.82) is 0 Å². The maximum Gasteiger partial charge on any atom is 0.223 e. The van der Waals surface area contributed by atoms with E-state index in [2.05, 4.69) is 15.1 Å². The number of hydrogen-bond acceptors (Lipinski definition) is 4. The first-order valence-electron chi connectivity index (χ1n) is 3.20. The second kappa shape index (κ2) is 1.91. The molecule has 0 fully saturated rings. The van der Waals surface area contributed by atoms with E-state index >= 15 is 0 Å². The molecule has 0 atom stereocenters. The molecular weight excluding hydrogens is 142 g/mol. The molecule has 2 rings (SSSR count). The Balaban J connectivity index is 2.96. The predicted molar refractivity (Wildman–Crippen MR) is 39.9 cm³/mol. The molecule has 0 spiro atoms. The largest absolute Gasteiger partial charge is 0.368 e. The Hall–Kier alpha value is -1.65. The number of fused-ring (bicyclic) bond motifs is 1. The van der Waals surface area contributed by atoms with Crippen molar-refractivity contribution in [2.24, 2.45) is 0 Å². The molecule has 0 aliphatic heterocycles. The maximum atomic E-state index is 5.52. The van der Waals surface area contributed by atoms with Crippen LogP contribution in [0.4, 0.5) is 5.95 Å². The highest BCUT2D eigenvalue weighted by Gasteiger charge is 2.01. The molecule has 0 radical (unpaired) electrons.